The third kappa shape index (κ3) is 5.42. The van der Waals surface area contributed by atoms with Crippen LogP contribution in [0.15, 0.2) is 217 Å². The van der Waals surface area contributed by atoms with E-state index < -0.39 is 0 Å². The molecule has 0 spiro atoms. The van der Waals surface area contributed by atoms with Gasteiger partial charge in [0.1, 0.15) is 11.2 Å². The van der Waals surface area contributed by atoms with Crippen LogP contribution in [-0.4, -0.2) is 0 Å². The number of nitrogens with zero attached hydrogens (tertiary/aromatic N) is 1. The zero-order valence-electron chi connectivity index (χ0n) is 34.3. The topological polar surface area (TPSA) is 16.4 Å². The second-order valence-electron chi connectivity index (χ2n) is 14.2. The third-order valence-corrected chi connectivity index (χ3v) is 10.9. The molecule has 11 rings (SSSR count). The average molecular weight is 718 g/mol. The Morgan fingerprint density at radius 3 is 1.82 bits per heavy atom. The molecule has 0 aliphatic carbocycles. The summed E-state index contributed by atoms with van der Waals surface area (Å²) in [6.45, 7) is 0. The molecule has 1 aromatic heterocycles. The Balaban J connectivity index is 1.10. The van der Waals surface area contributed by atoms with Crippen LogP contribution in [0.3, 0.4) is 0 Å². The number of rotatable bonds is 6. The lowest BCUT2D eigenvalue weighted by Crippen LogP contribution is -2.10. The van der Waals surface area contributed by atoms with E-state index in [1.165, 1.54) is 10.8 Å². The fourth-order valence-corrected chi connectivity index (χ4v) is 8.16. The minimum absolute atomic E-state index is 0.000891. The molecule has 2 heteroatoms. The van der Waals surface area contributed by atoms with Gasteiger partial charge < -0.3 is 9.32 Å². The van der Waals surface area contributed by atoms with Gasteiger partial charge in [-0.3, -0.25) is 0 Å². The normalized spacial score (nSPS) is 12.6. The zero-order valence-corrected chi connectivity index (χ0v) is 30.3. The van der Waals surface area contributed by atoms with E-state index in [1.807, 2.05) is 89.8 Å². The number of hydrogen-bond acceptors (Lipinski definition) is 2. The molecule has 0 radical (unpaired) electrons. The van der Waals surface area contributed by atoms with E-state index in [4.69, 9.17) is 4.42 Å². The van der Waals surface area contributed by atoms with E-state index in [0.29, 0.717) is 28.1 Å². The van der Waals surface area contributed by atoms with Crippen LogP contribution in [0.1, 0.15) is 5.48 Å². The summed E-state index contributed by atoms with van der Waals surface area (Å²) in [5.41, 5.74) is 8.41. The molecular weight excluding hydrogens is 679 g/mol. The van der Waals surface area contributed by atoms with Crippen LogP contribution in [0.5, 0.6) is 0 Å². The van der Waals surface area contributed by atoms with Gasteiger partial charge in [0, 0.05) is 22.1 Å². The zero-order chi connectivity index (χ0) is 40.5. The second kappa shape index (κ2) is 13.2. The molecule has 0 unspecified atom stereocenters. The van der Waals surface area contributed by atoms with Crippen LogP contribution >= 0.6 is 0 Å². The molecule has 0 atom stereocenters. The summed E-state index contributed by atoms with van der Waals surface area (Å²) in [4.78, 5) is 1.91. The molecule has 0 amide bonds. The average Bonchev–Trinajstić information content (AvgIpc) is 3.70. The van der Waals surface area contributed by atoms with Crippen LogP contribution in [0.25, 0.3) is 87.6 Å². The first kappa shape index (κ1) is 28.1. The van der Waals surface area contributed by atoms with Gasteiger partial charge in [0.25, 0.3) is 0 Å². The molecule has 56 heavy (non-hydrogen) atoms. The van der Waals surface area contributed by atoms with Gasteiger partial charge in [-0.05, 0) is 109 Å². The molecule has 1 heterocycles. The van der Waals surface area contributed by atoms with Crippen LogP contribution in [0.4, 0.5) is 17.1 Å². The van der Waals surface area contributed by atoms with Crippen molar-refractivity contribution >= 4 is 71.3 Å². The van der Waals surface area contributed by atoms with Crippen molar-refractivity contribution in [2.75, 3.05) is 4.90 Å². The predicted molar refractivity (Wildman–Crippen MR) is 237 cm³/mol. The molecule has 0 saturated heterocycles. The van der Waals surface area contributed by atoms with Gasteiger partial charge in [0.05, 0.1) is 16.6 Å². The molecule has 2 nitrogen and oxygen atoms in total. The van der Waals surface area contributed by atoms with E-state index >= 15 is 0 Å². The molecule has 11 aromatic rings. The quantitative estimate of drug-likeness (QED) is 0.170. The van der Waals surface area contributed by atoms with Crippen LogP contribution in [-0.2, 0) is 0 Å². The van der Waals surface area contributed by atoms with Crippen molar-refractivity contribution in [2.45, 2.75) is 0 Å². The fourth-order valence-electron chi connectivity index (χ4n) is 8.16. The first-order valence-electron chi connectivity index (χ1n) is 20.8. The van der Waals surface area contributed by atoms with Crippen molar-refractivity contribution in [3.63, 3.8) is 0 Å². The summed E-state index contributed by atoms with van der Waals surface area (Å²) in [6.07, 6.45) is 0. The smallest absolute Gasteiger partial charge is 0.143 e. The lowest BCUT2D eigenvalue weighted by atomic mass is 9.97. The van der Waals surface area contributed by atoms with Crippen molar-refractivity contribution in [2.24, 2.45) is 0 Å². The van der Waals surface area contributed by atoms with E-state index in [2.05, 4.69) is 103 Å². The standard InChI is InChI=1S/C54H35NO/c1-2-13-42-34-43(27-26-36(42)10-1)39-24-22-37(23-25-39)38-28-31-45(32-29-38)55(46-16-7-15-44(35-46)48-19-8-14-40-11-3-5-17-47(40)48)51-20-9-21-52-53(51)50-33-30-41-12-4-6-18-49(41)54(50)56-52/h1-35H/i7D,15D,16D,35D. The molecule has 0 aliphatic rings. The Bertz CT molecular complexity index is 3480. The molecule has 262 valence electrons. The second-order valence-corrected chi connectivity index (χ2v) is 14.2. The highest BCUT2D eigenvalue weighted by Gasteiger charge is 2.21. The first-order chi connectivity index (χ1) is 29.4. The Hall–Kier alpha value is -7.42. The molecule has 0 N–H and O–H groups in total. The monoisotopic (exact) mass is 717 g/mol. The number of benzene rings is 10. The maximum absolute atomic E-state index is 9.93. The van der Waals surface area contributed by atoms with Crippen LogP contribution in [0.2, 0.25) is 0 Å². The highest BCUT2D eigenvalue weighted by molar-refractivity contribution is 6.19. The lowest BCUT2D eigenvalue weighted by Gasteiger charge is -2.27. The van der Waals surface area contributed by atoms with Gasteiger partial charge in [0.15, 0.2) is 0 Å². The third-order valence-electron chi connectivity index (χ3n) is 10.9. The summed E-state index contributed by atoms with van der Waals surface area (Å²) in [6, 6.07) is 63.0. The van der Waals surface area contributed by atoms with Gasteiger partial charge in [-0.1, -0.05) is 164 Å². The van der Waals surface area contributed by atoms with E-state index in [1.54, 1.807) is 0 Å². The lowest BCUT2D eigenvalue weighted by molar-refractivity contribution is 0.672. The number of fused-ring (bicyclic) bond motifs is 7. The van der Waals surface area contributed by atoms with Crippen molar-refractivity contribution in [3.8, 4) is 33.4 Å². The maximum Gasteiger partial charge on any atom is 0.143 e. The van der Waals surface area contributed by atoms with Gasteiger partial charge in [-0.15, -0.1) is 0 Å². The molecule has 0 bridgehead atoms. The number of anilines is 3. The van der Waals surface area contributed by atoms with Crippen LogP contribution in [0, 0.1) is 0 Å². The van der Waals surface area contributed by atoms with E-state index in [-0.39, 0.29) is 29.9 Å². The number of hydrogen-bond donors (Lipinski definition) is 0. The van der Waals surface area contributed by atoms with Crippen molar-refractivity contribution < 1.29 is 9.90 Å². The molecular formula is C54H35NO. The molecule has 0 aliphatic heterocycles. The Morgan fingerprint density at radius 1 is 0.411 bits per heavy atom. The Labute approximate surface area is 330 Å². The predicted octanol–water partition coefficient (Wildman–Crippen LogP) is 15.5. The fraction of sp³-hybridized carbons (Fsp3) is 0. The summed E-state index contributed by atoms with van der Waals surface area (Å²) >= 11 is 0. The summed E-state index contributed by atoms with van der Waals surface area (Å²) in [5, 5.41) is 8.06. The summed E-state index contributed by atoms with van der Waals surface area (Å²) < 4.78 is 44.5. The number of furan rings is 1. The Morgan fingerprint density at radius 2 is 1.02 bits per heavy atom. The van der Waals surface area contributed by atoms with Gasteiger partial charge >= 0.3 is 0 Å². The van der Waals surface area contributed by atoms with E-state index in [0.717, 1.165) is 60.2 Å². The van der Waals surface area contributed by atoms with Crippen molar-refractivity contribution in [1.29, 1.82) is 0 Å². The molecule has 10 aromatic carbocycles. The summed E-state index contributed by atoms with van der Waals surface area (Å²) in [7, 11) is 0. The van der Waals surface area contributed by atoms with Gasteiger partial charge in [0.2, 0.25) is 0 Å². The SMILES string of the molecule is [2H]c1c([2H])c(-c2cccc3ccccc23)c([2H])c(N(c2ccc(-c3ccc(-c4ccc5ccccc5c4)cc3)cc2)c2cccc3oc4c5ccccc5ccc4c23)c1[2H]. The van der Waals surface area contributed by atoms with Crippen molar-refractivity contribution in [1.82, 2.24) is 0 Å². The van der Waals surface area contributed by atoms with Gasteiger partial charge in [-0.2, -0.15) is 0 Å². The minimum Gasteiger partial charge on any atom is -0.455 e. The molecule has 0 fully saturated rings. The first-order valence-corrected chi connectivity index (χ1v) is 18.8. The van der Waals surface area contributed by atoms with Crippen molar-refractivity contribution in [3.05, 3.63) is 212 Å². The molecule has 0 saturated carbocycles. The largest absolute Gasteiger partial charge is 0.455 e. The maximum atomic E-state index is 9.93. The Kier molecular flexibility index (Phi) is 6.60. The highest BCUT2D eigenvalue weighted by Crippen LogP contribution is 2.45. The van der Waals surface area contributed by atoms with Crippen LogP contribution < -0.4 is 4.90 Å². The van der Waals surface area contributed by atoms with Gasteiger partial charge in [-0.25, -0.2) is 0 Å². The van der Waals surface area contributed by atoms with E-state index in [9.17, 15) is 5.48 Å². The highest BCUT2D eigenvalue weighted by atomic mass is 16.3. The minimum atomic E-state index is -0.243. The summed E-state index contributed by atoms with van der Waals surface area (Å²) in [5.74, 6) is 0.